The van der Waals surface area contributed by atoms with Crippen molar-refractivity contribution < 1.29 is 9.53 Å². The smallest absolute Gasteiger partial charge is 0.252 e. The molecule has 2 heterocycles. The molecule has 0 aliphatic heterocycles. The highest BCUT2D eigenvalue weighted by Gasteiger charge is 2.10. The number of nitrogens with one attached hydrogen (secondary N) is 2. The summed E-state index contributed by atoms with van der Waals surface area (Å²) in [6, 6.07) is 8.53. The summed E-state index contributed by atoms with van der Waals surface area (Å²) in [4.78, 5) is 15.7. The minimum Gasteiger partial charge on any atom is -0.472 e. The number of nitrogens with zero attached hydrogens (tertiary/aromatic N) is 3. The first-order chi connectivity index (χ1) is 12.9. The van der Waals surface area contributed by atoms with Gasteiger partial charge in [0.15, 0.2) is 6.73 Å². The number of carbonyl (C=O) groups is 1. The lowest BCUT2D eigenvalue weighted by Crippen LogP contribution is -2.15. The fraction of sp³-hybridized carbons (Fsp3) is 0.167. The fourth-order valence-electron chi connectivity index (χ4n) is 2.49. The van der Waals surface area contributed by atoms with Crippen molar-refractivity contribution in [1.29, 1.82) is 0 Å². The minimum atomic E-state index is -0.550. The Morgan fingerprint density at radius 2 is 2.11 bits per heavy atom. The molecule has 0 aliphatic carbocycles. The van der Waals surface area contributed by atoms with E-state index in [0.717, 1.165) is 11.4 Å². The first kappa shape index (κ1) is 18.5. The number of hydrogen-bond acceptors (Lipinski definition) is 6. The molecule has 8 nitrogen and oxygen atoms in total. The first-order valence-electron chi connectivity index (χ1n) is 8.12. The molecule has 4 N–H and O–H groups in total. The summed E-state index contributed by atoms with van der Waals surface area (Å²) in [5, 5.41) is 11.0. The topological polar surface area (TPSA) is 107 Å². The molecule has 2 aromatic heterocycles. The fourth-order valence-corrected chi connectivity index (χ4v) is 2.66. The Labute approximate surface area is 161 Å². The molecule has 1 amide bonds. The van der Waals surface area contributed by atoms with Crippen LogP contribution in [-0.2, 0) is 7.05 Å². The summed E-state index contributed by atoms with van der Waals surface area (Å²) in [7, 11) is 1.85. The number of ether oxygens (including phenoxy) is 1. The number of anilines is 3. The van der Waals surface area contributed by atoms with Crippen LogP contribution in [0.4, 0.5) is 17.2 Å². The number of nitrogens with two attached hydrogens (primary N) is 1. The lowest BCUT2D eigenvalue weighted by atomic mass is 10.2. The van der Waals surface area contributed by atoms with Crippen molar-refractivity contribution in [2.24, 2.45) is 12.8 Å². The van der Waals surface area contributed by atoms with E-state index in [1.807, 2.05) is 20.2 Å². The number of aromatic nitrogens is 3. The van der Waals surface area contributed by atoms with Gasteiger partial charge < -0.3 is 21.1 Å². The number of amides is 1. The zero-order valence-electron chi connectivity index (χ0n) is 14.9. The Bertz CT molecular complexity index is 972. The van der Waals surface area contributed by atoms with E-state index in [0.29, 0.717) is 27.8 Å². The molecule has 3 aromatic rings. The van der Waals surface area contributed by atoms with Gasteiger partial charge in [-0.25, -0.2) is 4.98 Å². The van der Waals surface area contributed by atoms with Crippen LogP contribution in [0.5, 0.6) is 5.75 Å². The molecular weight excluding hydrogens is 368 g/mol. The van der Waals surface area contributed by atoms with Crippen LogP contribution in [0.1, 0.15) is 16.1 Å². The van der Waals surface area contributed by atoms with Gasteiger partial charge in [0.25, 0.3) is 5.91 Å². The summed E-state index contributed by atoms with van der Waals surface area (Å²) >= 11 is 6.20. The van der Waals surface area contributed by atoms with E-state index in [1.54, 1.807) is 35.0 Å². The standard InChI is InChI=1S/C18H19ClN6O2/c1-11-15(9-25(2)24-11)23-17-7-14(13(19)8-21-17)22-10-27-16-6-4-3-5-12(16)18(20)26/h3-9H,10H2,1-2H3,(H2,20,26)(H2,21,22,23). The van der Waals surface area contributed by atoms with Crippen molar-refractivity contribution in [3.8, 4) is 5.75 Å². The number of pyridine rings is 1. The second-order valence-corrected chi connectivity index (χ2v) is 6.21. The number of aryl methyl sites for hydroxylation is 2. The Morgan fingerprint density at radius 1 is 1.33 bits per heavy atom. The quantitative estimate of drug-likeness (QED) is 0.539. The molecule has 0 saturated heterocycles. The van der Waals surface area contributed by atoms with E-state index in [-0.39, 0.29) is 6.73 Å². The first-order valence-corrected chi connectivity index (χ1v) is 8.50. The van der Waals surface area contributed by atoms with Gasteiger partial charge in [-0.15, -0.1) is 0 Å². The van der Waals surface area contributed by atoms with E-state index in [9.17, 15) is 4.79 Å². The number of para-hydroxylation sites is 1. The monoisotopic (exact) mass is 386 g/mol. The third-order valence-corrected chi connectivity index (χ3v) is 4.08. The third-order valence-electron chi connectivity index (χ3n) is 3.77. The zero-order chi connectivity index (χ0) is 19.4. The summed E-state index contributed by atoms with van der Waals surface area (Å²) in [5.74, 6) is 0.452. The van der Waals surface area contributed by atoms with Gasteiger partial charge in [-0.2, -0.15) is 5.10 Å². The molecule has 0 bridgehead atoms. The van der Waals surface area contributed by atoms with E-state index in [1.165, 1.54) is 6.20 Å². The normalized spacial score (nSPS) is 10.5. The van der Waals surface area contributed by atoms with Crippen LogP contribution in [0.2, 0.25) is 5.02 Å². The summed E-state index contributed by atoms with van der Waals surface area (Å²) in [5.41, 5.74) is 8.00. The van der Waals surface area contributed by atoms with Crippen molar-refractivity contribution in [3.05, 3.63) is 59.0 Å². The Morgan fingerprint density at radius 3 is 2.81 bits per heavy atom. The van der Waals surface area contributed by atoms with E-state index >= 15 is 0 Å². The molecule has 0 aliphatic rings. The average Bonchev–Trinajstić information content (AvgIpc) is 2.95. The van der Waals surface area contributed by atoms with Crippen molar-refractivity contribution >= 4 is 34.7 Å². The maximum atomic E-state index is 11.4. The van der Waals surface area contributed by atoms with E-state index in [4.69, 9.17) is 22.1 Å². The Hall–Kier alpha value is -3.26. The van der Waals surface area contributed by atoms with Crippen molar-refractivity contribution in [1.82, 2.24) is 14.8 Å². The van der Waals surface area contributed by atoms with Crippen molar-refractivity contribution in [3.63, 3.8) is 0 Å². The number of rotatable bonds is 7. The summed E-state index contributed by atoms with van der Waals surface area (Å²) in [6.45, 7) is 2.00. The number of carbonyl (C=O) groups excluding carboxylic acids is 1. The molecule has 0 spiro atoms. The molecular formula is C18H19ClN6O2. The lowest BCUT2D eigenvalue weighted by Gasteiger charge is -2.13. The predicted molar refractivity (Wildman–Crippen MR) is 105 cm³/mol. The van der Waals surface area contributed by atoms with Crippen LogP contribution < -0.4 is 21.1 Å². The lowest BCUT2D eigenvalue weighted by molar-refractivity contribution is 0.0996. The second-order valence-electron chi connectivity index (χ2n) is 5.80. The van der Waals surface area contributed by atoms with Crippen molar-refractivity contribution in [2.45, 2.75) is 6.92 Å². The Kier molecular flexibility index (Phi) is 5.46. The summed E-state index contributed by atoms with van der Waals surface area (Å²) in [6.07, 6.45) is 3.40. The van der Waals surface area contributed by atoms with Gasteiger partial charge in [0.05, 0.1) is 33.9 Å². The molecule has 0 atom stereocenters. The van der Waals surface area contributed by atoms with Gasteiger partial charge in [-0.1, -0.05) is 23.7 Å². The van der Waals surface area contributed by atoms with Gasteiger partial charge in [-0.05, 0) is 19.1 Å². The number of halogens is 1. The van der Waals surface area contributed by atoms with Crippen LogP contribution in [0.3, 0.4) is 0 Å². The average molecular weight is 387 g/mol. The van der Waals surface area contributed by atoms with E-state index in [2.05, 4.69) is 20.7 Å². The highest BCUT2D eigenvalue weighted by Crippen LogP contribution is 2.26. The molecule has 0 unspecified atom stereocenters. The summed E-state index contributed by atoms with van der Waals surface area (Å²) < 4.78 is 7.33. The molecule has 0 fully saturated rings. The molecule has 1 aromatic carbocycles. The van der Waals surface area contributed by atoms with Crippen LogP contribution in [0.15, 0.2) is 42.7 Å². The molecule has 27 heavy (non-hydrogen) atoms. The minimum absolute atomic E-state index is 0.0966. The third kappa shape index (κ3) is 4.48. The van der Waals surface area contributed by atoms with Gasteiger partial charge in [-0.3, -0.25) is 9.48 Å². The maximum Gasteiger partial charge on any atom is 0.252 e. The maximum absolute atomic E-state index is 11.4. The second kappa shape index (κ2) is 7.96. The zero-order valence-corrected chi connectivity index (χ0v) is 15.6. The highest BCUT2D eigenvalue weighted by molar-refractivity contribution is 6.33. The van der Waals surface area contributed by atoms with Crippen LogP contribution in [0, 0.1) is 6.92 Å². The van der Waals surface area contributed by atoms with Crippen LogP contribution >= 0.6 is 11.6 Å². The van der Waals surface area contributed by atoms with Crippen molar-refractivity contribution in [2.75, 3.05) is 17.4 Å². The largest absolute Gasteiger partial charge is 0.472 e. The number of primary amides is 1. The Balaban J connectivity index is 1.68. The number of hydrogen-bond donors (Lipinski definition) is 3. The highest BCUT2D eigenvalue weighted by atomic mass is 35.5. The molecule has 3 rings (SSSR count). The van der Waals surface area contributed by atoms with Gasteiger partial charge >= 0.3 is 0 Å². The molecule has 9 heteroatoms. The van der Waals surface area contributed by atoms with Gasteiger partial charge in [0.1, 0.15) is 11.6 Å². The number of benzene rings is 1. The predicted octanol–water partition coefficient (Wildman–Crippen LogP) is 3.07. The van der Waals surface area contributed by atoms with Crippen LogP contribution in [-0.4, -0.2) is 27.4 Å². The van der Waals surface area contributed by atoms with E-state index < -0.39 is 5.91 Å². The molecule has 0 radical (unpaired) electrons. The van der Waals surface area contributed by atoms with Gasteiger partial charge in [0, 0.05) is 19.3 Å². The van der Waals surface area contributed by atoms with Crippen LogP contribution in [0.25, 0.3) is 0 Å². The molecule has 140 valence electrons. The van der Waals surface area contributed by atoms with Gasteiger partial charge in [0.2, 0.25) is 0 Å². The molecule has 0 saturated carbocycles. The SMILES string of the molecule is Cc1nn(C)cc1Nc1cc(NCOc2ccccc2C(N)=O)c(Cl)cn1.